The molecule has 1 aliphatic rings. The number of amides is 1. The molecule has 1 fully saturated rings. The van der Waals surface area contributed by atoms with Crippen molar-refractivity contribution in [2.75, 3.05) is 13.2 Å². The Labute approximate surface area is 138 Å². The fraction of sp³-hybridized carbons (Fsp3) is 0.438. The minimum absolute atomic E-state index is 0.0404. The van der Waals surface area contributed by atoms with Crippen molar-refractivity contribution in [2.45, 2.75) is 26.1 Å². The largest absolute Gasteiger partial charge is 0.441 e. The van der Waals surface area contributed by atoms with Crippen LogP contribution >= 0.6 is 0 Å². The van der Waals surface area contributed by atoms with E-state index in [4.69, 9.17) is 19.1 Å². The molecule has 0 unspecified atom stereocenters. The van der Waals surface area contributed by atoms with E-state index in [0.717, 1.165) is 17.0 Å². The Bertz CT molecular complexity index is 708. The predicted octanol–water partition coefficient (Wildman–Crippen LogP) is 1.47. The first-order valence-electron chi connectivity index (χ1n) is 7.61. The molecule has 8 nitrogen and oxygen atoms in total. The van der Waals surface area contributed by atoms with Crippen molar-refractivity contribution in [3.8, 4) is 11.5 Å². The molecule has 1 aliphatic heterocycles. The first-order valence-corrected chi connectivity index (χ1v) is 7.61. The van der Waals surface area contributed by atoms with Crippen LogP contribution in [0.1, 0.15) is 18.4 Å². The Hall–Kier alpha value is -2.29. The molecule has 1 amide bonds. The van der Waals surface area contributed by atoms with Crippen LogP contribution in [0.2, 0.25) is 0 Å². The van der Waals surface area contributed by atoms with Crippen LogP contribution < -0.4 is 5.48 Å². The molecule has 3 heterocycles. The van der Waals surface area contributed by atoms with Crippen molar-refractivity contribution in [1.82, 2.24) is 15.4 Å². The van der Waals surface area contributed by atoms with Gasteiger partial charge in [0.05, 0.1) is 18.9 Å². The van der Waals surface area contributed by atoms with Crippen molar-refractivity contribution in [1.29, 1.82) is 0 Å². The summed E-state index contributed by atoms with van der Waals surface area (Å²) in [7, 11) is 0. The van der Waals surface area contributed by atoms with E-state index in [-0.39, 0.29) is 5.92 Å². The quantitative estimate of drug-likeness (QED) is 0.644. The van der Waals surface area contributed by atoms with Crippen molar-refractivity contribution in [3.63, 3.8) is 0 Å². The van der Waals surface area contributed by atoms with Gasteiger partial charge in [0.15, 0.2) is 0 Å². The SMILES string of the molecule is Cc1oc(-c2ccncc2)nc1CC1COC(C)(C(=O)NO)OC1. The molecule has 2 aromatic heterocycles. The third kappa shape index (κ3) is 3.30. The maximum absolute atomic E-state index is 11.5. The Kier molecular flexibility index (Phi) is 4.61. The molecule has 3 rings (SSSR count). The summed E-state index contributed by atoms with van der Waals surface area (Å²) in [4.78, 5) is 20.0. The Morgan fingerprint density at radius 1 is 1.38 bits per heavy atom. The fourth-order valence-corrected chi connectivity index (χ4v) is 2.50. The van der Waals surface area contributed by atoms with Crippen LogP contribution in [0.15, 0.2) is 28.9 Å². The molecule has 0 radical (unpaired) electrons. The Morgan fingerprint density at radius 2 is 2.04 bits per heavy atom. The molecule has 0 saturated carbocycles. The molecule has 1 saturated heterocycles. The van der Waals surface area contributed by atoms with Gasteiger partial charge in [-0.05, 0) is 26.0 Å². The summed E-state index contributed by atoms with van der Waals surface area (Å²) in [6, 6.07) is 3.67. The number of rotatable bonds is 4. The third-order valence-corrected chi connectivity index (χ3v) is 4.00. The first-order chi connectivity index (χ1) is 11.5. The molecule has 0 bridgehead atoms. The van der Waals surface area contributed by atoms with Crippen LogP contribution in [-0.2, 0) is 20.7 Å². The maximum Gasteiger partial charge on any atom is 0.303 e. The molecular formula is C16H19N3O5. The van der Waals surface area contributed by atoms with Crippen molar-refractivity contribution >= 4 is 5.91 Å². The van der Waals surface area contributed by atoms with Gasteiger partial charge in [0.25, 0.3) is 0 Å². The summed E-state index contributed by atoms with van der Waals surface area (Å²) in [6.07, 6.45) is 3.98. The highest BCUT2D eigenvalue weighted by Crippen LogP contribution is 2.27. The minimum Gasteiger partial charge on any atom is -0.441 e. The smallest absolute Gasteiger partial charge is 0.303 e. The number of oxazole rings is 1. The lowest BCUT2D eigenvalue weighted by molar-refractivity contribution is -0.263. The number of pyridine rings is 1. The molecule has 0 atom stereocenters. The summed E-state index contributed by atoms with van der Waals surface area (Å²) in [5.74, 6) is -0.862. The summed E-state index contributed by atoms with van der Waals surface area (Å²) in [6.45, 7) is 3.97. The third-order valence-electron chi connectivity index (χ3n) is 4.00. The van der Waals surface area contributed by atoms with E-state index < -0.39 is 11.7 Å². The lowest BCUT2D eigenvalue weighted by Gasteiger charge is -2.35. The van der Waals surface area contributed by atoms with Gasteiger partial charge in [-0.25, -0.2) is 10.5 Å². The zero-order chi connectivity index (χ0) is 17.2. The highest BCUT2D eigenvalue weighted by Gasteiger charge is 2.40. The van der Waals surface area contributed by atoms with Crippen LogP contribution in [0, 0.1) is 12.8 Å². The van der Waals surface area contributed by atoms with Crippen molar-refractivity contribution in [2.24, 2.45) is 5.92 Å². The Balaban J connectivity index is 1.66. The normalized spacial score (nSPS) is 23.9. The molecule has 0 aromatic carbocycles. The molecule has 2 N–H and O–H groups in total. The fourth-order valence-electron chi connectivity index (χ4n) is 2.50. The highest BCUT2D eigenvalue weighted by molar-refractivity contribution is 5.82. The van der Waals surface area contributed by atoms with Gasteiger partial charge in [-0.1, -0.05) is 0 Å². The average Bonchev–Trinajstić information content (AvgIpc) is 2.98. The van der Waals surface area contributed by atoms with Crippen LogP contribution in [0.3, 0.4) is 0 Å². The second kappa shape index (κ2) is 6.68. The molecule has 8 heteroatoms. The number of carbonyl (C=O) groups is 1. The number of aromatic nitrogens is 2. The molecule has 0 spiro atoms. The summed E-state index contributed by atoms with van der Waals surface area (Å²) in [5, 5.41) is 8.71. The number of hydroxylamine groups is 1. The van der Waals surface area contributed by atoms with Gasteiger partial charge in [-0.15, -0.1) is 0 Å². The van der Waals surface area contributed by atoms with Crippen molar-refractivity contribution < 1.29 is 23.9 Å². The van der Waals surface area contributed by atoms with E-state index in [2.05, 4.69) is 9.97 Å². The maximum atomic E-state index is 11.5. The number of aryl methyl sites for hydroxylation is 1. The van der Waals surface area contributed by atoms with Gasteiger partial charge in [-0.3, -0.25) is 15.0 Å². The summed E-state index contributed by atoms with van der Waals surface area (Å²) < 4.78 is 16.7. The topological polar surface area (TPSA) is 107 Å². The zero-order valence-corrected chi connectivity index (χ0v) is 13.5. The van der Waals surface area contributed by atoms with E-state index in [1.807, 2.05) is 19.1 Å². The number of hydrogen-bond donors (Lipinski definition) is 2. The van der Waals surface area contributed by atoms with Gasteiger partial charge in [0.1, 0.15) is 5.76 Å². The van der Waals surface area contributed by atoms with Crippen LogP contribution in [0.25, 0.3) is 11.5 Å². The van der Waals surface area contributed by atoms with Gasteiger partial charge < -0.3 is 13.9 Å². The van der Waals surface area contributed by atoms with E-state index in [1.165, 1.54) is 6.92 Å². The van der Waals surface area contributed by atoms with Gasteiger partial charge in [-0.2, -0.15) is 0 Å². The molecular weight excluding hydrogens is 314 g/mol. The van der Waals surface area contributed by atoms with Gasteiger partial charge >= 0.3 is 5.91 Å². The van der Waals surface area contributed by atoms with E-state index >= 15 is 0 Å². The molecule has 24 heavy (non-hydrogen) atoms. The van der Waals surface area contributed by atoms with Crippen LogP contribution in [0.4, 0.5) is 0 Å². The number of hydrogen-bond acceptors (Lipinski definition) is 7. The van der Waals surface area contributed by atoms with Gasteiger partial charge in [0, 0.05) is 30.3 Å². The number of ether oxygens (including phenoxy) is 2. The highest BCUT2D eigenvalue weighted by atomic mass is 16.7. The first kappa shape index (κ1) is 16.6. The van der Waals surface area contributed by atoms with Crippen molar-refractivity contribution in [3.05, 3.63) is 36.0 Å². The number of nitrogens with one attached hydrogen (secondary N) is 1. The summed E-state index contributed by atoms with van der Waals surface area (Å²) >= 11 is 0. The lowest BCUT2D eigenvalue weighted by Crippen LogP contribution is -2.52. The van der Waals surface area contributed by atoms with Gasteiger partial charge in [0.2, 0.25) is 11.7 Å². The summed E-state index contributed by atoms with van der Waals surface area (Å²) in [5.41, 5.74) is 3.24. The molecule has 2 aromatic rings. The standard InChI is InChI=1S/C16H19N3O5/c1-10-13(18-14(24-10)12-3-5-17-6-4-12)7-11-8-22-16(2,23-9-11)15(20)19-21/h3-6,11,21H,7-9H2,1-2H3,(H,19,20). The zero-order valence-electron chi connectivity index (χ0n) is 13.5. The predicted molar refractivity (Wildman–Crippen MR) is 81.9 cm³/mol. The van der Waals surface area contributed by atoms with Crippen LogP contribution in [0.5, 0.6) is 0 Å². The monoisotopic (exact) mass is 333 g/mol. The molecule has 128 valence electrons. The minimum atomic E-state index is -1.47. The molecule has 0 aliphatic carbocycles. The number of carbonyl (C=O) groups excluding carboxylic acids is 1. The van der Waals surface area contributed by atoms with E-state index in [0.29, 0.717) is 25.5 Å². The second-order valence-corrected chi connectivity index (χ2v) is 5.84. The average molecular weight is 333 g/mol. The number of nitrogens with zero attached hydrogens (tertiary/aromatic N) is 2. The second-order valence-electron chi connectivity index (χ2n) is 5.84. The lowest BCUT2D eigenvalue weighted by atomic mass is 10.0. The van der Waals surface area contributed by atoms with E-state index in [9.17, 15) is 4.79 Å². The van der Waals surface area contributed by atoms with E-state index in [1.54, 1.807) is 17.9 Å². The Morgan fingerprint density at radius 3 is 2.67 bits per heavy atom. The van der Waals surface area contributed by atoms with Crippen LogP contribution in [-0.4, -0.2) is 40.1 Å².